The van der Waals surface area contributed by atoms with Gasteiger partial charge in [0, 0.05) is 12.7 Å². The zero-order chi connectivity index (χ0) is 12.8. The Morgan fingerprint density at radius 1 is 1.17 bits per heavy atom. The van der Waals surface area contributed by atoms with Gasteiger partial charge in [-0.05, 0) is 24.3 Å². The molecule has 0 aliphatic rings. The van der Waals surface area contributed by atoms with Crippen LogP contribution in [0, 0.1) is 0 Å². The van der Waals surface area contributed by atoms with E-state index in [1.807, 2.05) is 24.3 Å². The summed E-state index contributed by atoms with van der Waals surface area (Å²) in [7, 11) is 1.56. The molecule has 0 unspecified atom stereocenters. The molecule has 0 fully saturated rings. The molecule has 0 radical (unpaired) electrons. The molecule has 0 saturated carbocycles. The standard InChI is InChI=1S/C14H14O4/c1-16-9-10-18-14(15)12-6-4-11(5-7-12)13-3-2-8-17-13/h2-8H,9-10H2,1H3. The van der Waals surface area contributed by atoms with Crippen LogP contribution in [0.4, 0.5) is 0 Å². The maximum Gasteiger partial charge on any atom is 0.338 e. The van der Waals surface area contributed by atoms with Crippen LogP contribution in [0.3, 0.4) is 0 Å². The summed E-state index contributed by atoms with van der Waals surface area (Å²) in [5.41, 5.74) is 1.44. The highest BCUT2D eigenvalue weighted by molar-refractivity contribution is 5.89. The molecule has 0 N–H and O–H groups in total. The number of ether oxygens (including phenoxy) is 2. The van der Waals surface area contributed by atoms with Crippen LogP contribution in [0.5, 0.6) is 0 Å². The Hall–Kier alpha value is -2.07. The van der Waals surface area contributed by atoms with Crippen molar-refractivity contribution in [1.29, 1.82) is 0 Å². The lowest BCUT2D eigenvalue weighted by Gasteiger charge is -2.04. The first kappa shape index (κ1) is 12.4. The summed E-state index contributed by atoms with van der Waals surface area (Å²) in [6.45, 7) is 0.658. The van der Waals surface area contributed by atoms with E-state index < -0.39 is 0 Å². The fourth-order valence-electron chi connectivity index (χ4n) is 1.51. The monoisotopic (exact) mass is 246 g/mol. The van der Waals surface area contributed by atoms with Crippen molar-refractivity contribution in [1.82, 2.24) is 0 Å². The van der Waals surface area contributed by atoms with Crippen molar-refractivity contribution in [2.24, 2.45) is 0 Å². The van der Waals surface area contributed by atoms with Crippen LogP contribution in [0.15, 0.2) is 47.1 Å². The van der Waals surface area contributed by atoms with Crippen molar-refractivity contribution >= 4 is 5.97 Å². The summed E-state index contributed by atoms with van der Waals surface area (Å²) < 4.78 is 15.1. The molecule has 94 valence electrons. The average molecular weight is 246 g/mol. The van der Waals surface area contributed by atoms with Gasteiger partial charge in [0.05, 0.1) is 18.4 Å². The van der Waals surface area contributed by atoms with Crippen LogP contribution in [0.1, 0.15) is 10.4 Å². The third kappa shape index (κ3) is 2.99. The van der Waals surface area contributed by atoms with Gasteiger partial charge < -0.3 is 13.9 Å². The third-order valence-corrected chi connectivity index (χ3v) is 2.45. The fourth-order valence-corrected chi connectivity index (χ4v) is 1.51. The van der Waals surface area contributed by atoms with Crippen LogP contribution in [0.2, 0.25) is 0 Å². The molecular formula is C14H14O4. The molecule has 0 amide bonds. The molecule has 18 heavy (non-hydrogen) atoms. The van der Waals surface area contributed by atoms with E-state index >= 15 is 0 Å². The molecule has 4 nitrogen and oxygen atoms in total. The van der Waals surface area contributed by atoms with Gasteiger partial charge in [0.1, 0.15) is 12.4 Å². The van der Waals surface area contributed by atoms with Crippen molar-refractivity contribution in [3.63, 3.8) is 0 Å². The van der Waals surface area contributed by atoms with E-state index in [0.717, 1.165) is 11.3 Å². The molecular weight excluding hydrogens is 232 g/mol. The number of furan rings is 1. The second-order valence-electron chi connectivity index (χ2n) is 3.68. The number of esters is 1. The van der Waals surface area contributed by atoms with E-state index in [1.54, 1.807) is 25.5 Å². The van der Waals surface area contributed by atoms with Crippen LogP contribution in [-0.4, -0.2) is 26.3 Å². The summed E-state index contributed by atoms with van der Waals surface area (Å²) in [5, 5.41) is 0. The average Bonchev–Trinajstić information content (AvgIpc) is 2.93. The number of methoxy groups -OCH3 is 1. The number of carbonyl (C=O) groups is 1. The fraction of sp³-hybridized carbons (Fsp3) is 0.214. The van der Waals surface area contributed by atoms with Crippen molar-refractivity contribution in [3.8, 4) is 11.3 Å². The van der Waals surface area contributed by atoms with Gasteiger partial charge >= 0.3 is 5.97 Å². The van der Waals surface area contributed by atoms with Gasteiger partial charge in [0.25, 0.3) is 0 Å². The molecule has 4 heteroatoms. The topological polar surface area (TPSA) is 48.7 Å². The highest BCUT2D eigenvalue weighted by Crippen LogP contribution is 2.20. The van der Waals surface area contributed by atoms with Gasteiger partial charge in [0.15, 0.2) is 0 Å². The Morgan fingerprint density at radius 2 is 1.94 bits per heavy atom. The van der Waals surface area contributed by atoms with E-state index in [-0.39, 0.29) is 12.6 Å². The maximum atomic E-state index is 11.6. The Balaban J connectivity index is 2.01. The van der Waals surface area contributed by atoms with Gasteiger partial charge in [0.2, 0.25) is 0 Å². The van der Waals surface area contributed by atoms with E-state index in [1.165, 1.54) is 0 Å². The SMILES string of the molecule is COCCOC(=O)c1ccc(-c2ccco2)cc1. The smallest absolute Gasteiger partial charge is 0.338 e. The second-order valence-corrected chi connectivity index (χ2v) is 3.68. The zero-order valence-electron chi connectivity index (χ0n) is 10.1. The van der Waals surface area contributed by atoms with E-state index in [0.29, 0.717) is 12.2 Å². The van der Waals surface area contributed by atoms with Crippen LogP contribution in [-0.2, 0) is 9.47 Å². The van der Waals surface area contributed by atoms with Crippen molar-refractivity contribution in [2.75, 3.05) is 20.3 Å². The Morgan fingerprint density at radius 3 is 2.56 bits per heavy atom. The van der Waals surface area contributed by atoms with E-state index in [2.05, 4.69) is 0 Å². The first-order valence-electron chi connectivity index (χ1n) is 5.61. The minimum absolute atomic E-state index is 0.259. The molecule has 0 spiro atoms. The molecule has 1 aromatic carbocycles. The van der Waals surface area contributed by atoms with Gasteiger partial charge in [-0.1, -0.05) is 12.1 Å². The minimum Gasteiger partial charge on any atom is -0.464 e. The molecule has 0 saturated heterocycles. The maximum absolute atomic E-state index is 11.6. The highest BCUT2D eigenvalue weighted by atomic mass is 16.6. The first-order valence-corrected chi connectivity index (χ1v) is 5.61. The summed E-state index contributed by atoms with van der Waals surface area (Å²) in [5.74, 6) is 0.423. The van der Waals surface area contributed by atoms with Crippen LogP contribution < -0.4 is 0 Å². The number of carbonyl (C=O) groups excluding carboxylic acids is 1. The van der Waals surface area contributed by atoms with Gasteiger partial charge in [-0.15, -0.1) is 0 Å². The van der Waals surface area contributed by atoms with Crippen LogP contribution in [0.25, 0.3) is 11.3 Å². The quantitative estimate of drug-likeness (QED) is 0.601. The number of hydrogen-bond donors (Lipinski definition) is 0. The predicted octanol–water partition coefficient (Wildman–Crippen LogP) is 2.75. The van der Waals surface area contributed by atoms with Crippen molar-refractivity contribution in [3.05, 3.63) is 48.2 Å². The predicted molar refractivity (Wildman–Crippen MR) is 66.3 cm³/mol. The Bertz CT molecular complexity index is 485. The Labute approximate surface area is 105 Å². The van der Waals surface area contributed by atoms with E-state index in [4.69, 9.17) is 13.9 Å². The normalized spacial score (nSPS) is 10.3. The zero-order valence-corrected chi connectivity index (χ0v) is 10.1. The van der Waals surface area contributed by atoms with E-state index in [9.17, 15) is 4.79 Å². The largest absolute Gasteiger partial charge is 0.464 e. The molecule has 2 aromatic rings. The molecule has 0 atom stereocenters. The van der Waals surface area contributed by atoms with Gasteiger partial charge in [-0.25, -0.2) is 4.79 Å². The van der Waals surface area contributed by atoms with Crippen molar-refractivity contribution in [2.45, 2.75) is 0 Å². The first-order chi connectivity index (χ1) is 8.81. The lowest BCUT2D eigenvalue weighted by atomic mass is 10.1. The molecule has 0 aliphatic heterocycles. The van der Waals surface area contributed by atoms with Gasteiger partial charge in [-0.3, -0.25) is 0 Å². The Kier molecular flexibility index (Phi) is 4.15. The van der Waals surface area contributed by atoms with Crippen molar-refractivity contribution < 1.29 is 18.7 Å². The lowest BCUT2D eigenvalue weighted by Crippen LogP contribution is -2.09. The molecule has 2 rings (SSSR count). The van der Waals surface area contributed by atoms with Crippen LogP contribution >= 0.6 is 0 Å². The molecule has 1 heterocycles. The summed E-state index contributed by atoms with van der Waals surface area (Å²) in [6, 6.07) is 10.8. The third-order valence-electron chi connectivity index (χ3n) is 2.45. The number of rotatable bonds is 5. The molecule has 0 aliphatic carbocycles. The molecule has 1 aromatic heterocycles. The minimum atomic E-state index is -0.349. The summed E-state index contributed by atoms with van der Waals surface area (Å²) in [4.78, 5) is 11.6. The number of hydrogen-bond acceptors (Lipinski definition) is 4. The highest BCUT2D eigenvalue weighted by Gasteiger charge is 2.07. The molecule has 0 bridgehead atoms. The lowest BCUT2D eigenvalue weighted by molar-refractivity contribution is 0.0388. The second kappa shape index (κ2) is 6.02. The summed E-state index contributed by atoms with van der Waals surface area (Å²) in [6.07, 6.45) is 1.61. The summed E-state index contributed by atoms with van der Waals surface area (Å²) >= 11 is 0. The number of benzene rings is 1. The van der Waals surface area contributed by atoms with Gasteiger partial charge in [-0.2, -0.15) is 0 Å².